The average molecular weight is 355 g/mol. The Balaban J connectivity index is 2.24. The van der Waals surface area contributed by atoms with Gasteiger partial charge in [-0.2, -0.15) is 0 Å². The zero-order valence-electron chi connectivity index (χ0n) is 15.5. The van der Waals surface area contributed by atoms with Gasteiger partial charge in [0.1, 0.15) is 0 Å². The van der Waals surface area contributed by atoms with Crippen LogP contribution in [0.4, 0.5) is 16.0 Å². The van der Waals surface area contributed by atoms with E-state index in [4.69, 9.17) is 29.3 Å². The summed E-state index contributed by atoms with van der Waals surface area (Å²) < 4.78 is 16.2. The number of benzene rings is 1. The molecule has 3 rings (SSSR count). The van der Waals surface area contributed by atoms with Crippen LogP contribution < -0.4 is 5.73 Å². The molecule has 0 aliphatic carbocycles. The normalized spacial score (nSPS) is 11.7. The number of hydrogen-bond donors (Lipinski definition) is 1. The van der Waals surface area contributed by atoms with Crippen LogP contribution in [0, 0.1) is 12.7 Å². The third kappa shape index (κ3) is 4.07. The van der Waals surface area contributed by atoms with E-state index in [-0.39, 0.29) is 12.4 Å². The first-order valence-electron chi connectivity index (χ1n) is 8.38. The van der Waals surface area contributed by atoms with Gasteiger partial charge in [-0.25, -0.2) is 13.9 Å². The molecule has 0 fully saturated rings. The van der Waals surface area contributed by atoms with Crippen LogP contribution in [0.1, 0.15) is 25.1 Å². The topological polar surface area (TPSA) is 68.6 Å². The molecule has 0 amide bonds. The quantitative estimate of drug-likeness (QED) is 0.578. The predicted molar refractivity (Wildman–Crippen MR) is 110 cm³/mol. The minimum absolute atomic E-state index is 0.00391. The summed E-state index contributed by atoms with van der Waals surface area (Å²) in [5, 5.41) is 2.53. The van der Waals surface area contributed by atoms with Crippen molar-refractivity contribution in [3.63, 3.8) is 0 Å². The van der Waals surface area contributed by atoms with Crippen molar-refractivity contribution in [3.8, 4) is 11.1 Å². The predicted octanol–water partition coefficient (Wildman–Crippen LogP) is 2.66. The SMILES string of the molecule is [B]C([B])([B])Cc1nc(N)nn2cc(F)c(-c3ccc(N=C(C)C)c(C)c3)c12. The number of fused-ring (bicyclic) bond motifs is 1. The third-order valence-corrected chi connectivity index (χ3v) is 3.98. The number of aliphatic imine (C=N–C) groups is 1. The van der Waals surface area contributed by atoms with E-state index in [2.05, 4.69) is 15.1 Å². The molecule has 0 saturated carbocycles. The van der Waals surface area contributed by atoms with E-state index in [9.17, 15) is 4.39 Å². The fraction of sp³-hybridized carbons (Fsp3) is 0.278. The molecule has 0 unspecified atom stereocenters. The molecular weight excluding hydrogens is 338 g/mol. The molecule has 2 aromatic heterocycles. The first kappa shape index (κ1) is 19.2. The molecule has 0 spiro atoms. The van der Waals surface area contributed by atoms with Gasteiger partial charge >= 0.3 is 0 Å². The molecule has 0 atom stereocenters. The van der Waals surface area contributed by atoms with Gasteiger partial charge in [-0.15, -0.1) is 10.2 Å². The van der Waals surface area contributed by atoms with Gasteiger partial charge in [0.05, 0.1) is 46.6 Å². The van der Waals surface area contributed by atoms with Gasteiger partial charge in [-0.3, -0.25) is 4.99 Å². The lowest BCUT2D eigenvalue weighted by molar-refractivity contribution is 0.628. The number of rotatable bonds is 4. The van der Waals surface area contributed by atoms with Gasteiger partial charge in [0.2, 0.25) is 5.95 Å². The number of anilines is 1. The second-order valence-electron chi connectivity index (χ2n) is 6.91. The molecule has 0 bridgehead atoms. The van der Waals surface area contributed by atoms with E-state index < -0.39 is 10.9 Å². The van der Waals surface area contributed by atoms with Crippen molar-refractivity contribution in [2.24, 2.45) is 4.99 Å². The summed E-state index contributed by atoms with van der Waals surface area (Å²) in [6.07, 6.45) is 1.24. The Morgan fingerprint density at radius 3 is 2.59 bits per heavy atom. The van der Waals surface area contributed by atoms with E-state index in [0.29, 0.717) is 22.3 Å². The fourth-order valence-electron chi connectivity index (χ4n) is 3.01. The van der Waals surface area contributed by atoms with Crippen LogP contribution >= 0.6 is 0 Å². The number of aryl methyl sites for hydroxylation is 1. The largest absolute Gasteiger partial charge is 0.367 e. The van der Waals surface area contributed by atoms with Crippen molar-refractivity contribution in [1.29, 1.82) is 0 Å². The maximum Gasteiger partial charge on any atom is 0.238 e. The molecule has 1 aromatic carbocycles. The average Bonchev–Trinajstić information content (AvgIpc) is 2.83. The minimum Gasteiger partial charge on any atom is -0.367 e. The summed E-state index contributed by atoms with van der Waals surface area (Å²) in [5.41, 5.74) is 10.2. The van der Waals surface area contributed by atoms with Crippen LogP contribution in [0.25, 0.3) is 16.6 Å². The lowest BCUT2D eigenvalue weighted by Gasteiger charge is -2.19. The standard InChI is InChI=1S/C18H17B3FN5/c1-9(2)24-13-5-4-11(6-10(13)3)15-12(22)8-27-16(15)14(7-18(19,20)21)25-17(23)26-27/h4-6,8H,7H2,1-3H3,(H2,23,26). The van der Waals surface area contributed by atoms with Crippen LogP contribution in [-0.4, -0.2) is 43.8 Å². The molecule has 130 valence electrons. The van der Waals surface area contributed by atoms with Gasteiger partial charge in [-0.05, 0) is 50.5 Å². The zero-order valence-corrected chi connectivity index (χ0v) is 15.5. The Labute approximate surface area is 161 Å². The maximum absolute atomic E-state index is 14.8. The molecule has 9 heteroatoms. The van der Waals surface area contributed by atoms with Crippen LogP contribution in [0.5, 0.6) is 0 Å². The molecule has 5 nitrogen and oxygen atoms in total. The van der Waals surface area contributed by atoms with Crippen molar-refractivity contribution in [1.82, 2.24) is 14.6 Å². The van der Waals surface area contributed by atoms with Crippen molar-refractivity contribution < 1.29 is 4.39 Å². The Morgan fingerprint density at radius 2 is 2.00 bits per heavy atom. The number of nitrogens with two attached hydrogens (primary N) is 1. The van der Waals surface area contributed by atoms with E-state index in [1.165, 1.54) is 10.7 Å². The highest BCUT2D eigenvalue weighted by Crippen LogP contribution is 2.35. The fourth-order valence-corrected chi connectivity index (χ4v) is 3.01. The van der Waals surface area contributed by atoms with E-state index in [1.807, 2.05) is 32.9 Å². The van der Waals surface area contributed by atoms with Gasteiger partial charge in [0, 0.05) is 11.3 Å². The molecule has 6 radical (unpaired) electrons. The van der Waals surface area contributed by atoms with Gasteiger partial charge in [-0.1, -0.05) is 6.07 Å². The van der Waals surface area contributed by atoms with E-state index in [0.717, 1.165) is 17.0 Å². The number of hydrogen-bond acceptors (Lipinski definition) is 4. The highest BCUT2D eigenvalue weighted by Gasteiger charge is 2.22. The first-order chi connectivity index (χ1) is 12.5. The summed E-state index contributed by atoms with van der Waals surface area (Å²) in [7, 11) is 17.2. The maximum atomic E-state index is 14.8. The summed E-state index contributed by atoms with van der Waals surface area (Å²) >= 11 is 0. The van der Waals surface area contributed by atoms with Crippen LogP contribution in [0.3, 0.4) is 0 Å². The first-order valence-corrected chi connectivity index (χ1v) is 8.38. The second-order valence-corrected chi connectivity index (χ2v) is 6.91. The molecule has 0 saturated heterocycles. The smallest absolute Gasteiger partial charge is 0.238 e. The van der Waals surface area contributed by atoms with Crippen LogP contribution in [0.2, 0.25) is 5.11 Å². The Bertz CT molecular complexity index is 1050. The van der Waals surface area contributed by atoms with Crippen molar-refractivity contribution in [3.05, 3.63) is 41.5 Å². The molecule has 2 heterocycles. The number of nitrogen functional groups attached to an aromatic ring is 1. The Hall–Kier alpha value is -2.57. The van der Waals surface area contributed by atoms with E-state index >= 15 is 0 Å². The van der Waals surface area contributed by atoms with Gasteiger partial charge in [0.25, 0.3) is 0 Å². The third-order valence-electron chi connectivity index (χ3n) is 3.98. The Kier molecular flexibility index (Phi) is 4.89. The highest BCUT2D eigenvalue weighted by atomic mass is 19.1. The molecular formula is C18H17B3FN5. The summed E-state index contributed by atoms with van der Waals surface area (Å²) in [5.74, 6) is -0.488. The molecule has 27 heavy (non-hydrogen) atoms. The summed E-state index contributed by atoms with van der Waals surface area (Å²) in [6, 6.07) is 5.51. The Morgan fingerprint density at radius 1 is 1.30 bits per heavy atom. The molecule has 2 N–H and O–H groups in total. The molecule has 3 aromatic rings. The highest BCUT2D eigenvalue weighted by molar-refractivity contribution is 6.59. The minimum atomic E-state index is -1.52. The molecule has 0 aliphatic heterocycles. The van der Waals surface area contributed by atoms with Crippen LogP contribution in [-0.2, 0) is 6.42 Å². The van der Waals surface area contributed by atoms with Crippen molar-refractivity contribution in [2.45, 2.75) is 32.3 Å². The number of aromatic nitrogens is 3. The summed E-state index contributed by atoms with van der Waals surface area (Å²) in [4.78, 5) is 8.65. The van der Waals surface area contributed by atoms with Crippen LogP contribution in [0.15, 0.2) is 29.4 Å². The lowest BCUT2D eigenvalue weighted by Crippen LogP contribution is -2.18. The van der Waals surface area contributed by atoms with Crippen molar-refractivity contribution in [2.75, 3.05) is 5.73 Å². The zero-order chi connectivity index (χ0) is 19.9. The van der Waals surface area contributed by atoms with E-state index in [1.54, 1.807) is 6.07 Å². The van der Waals surface area contributed by atoms with Gasteiger partial charge < -0.3 is 5.73 Å². The molecule has 0 aliphatic rings. The van der Waals surface area contributed by atoms with Crippen molar-refractivity contribution >= 4 is 46.4 Å². The second kappa shape index (κ2) is 6.87. The number of halogens is 1. The summed E-state index contributed by atoms with van der Waals surface area (Å²) in [6.45, 7) is 5.75. The monoisotopic (exact) mass is 355 g/mol. The number of nitrogens with zero attached hydrogens (tertiary/aromatic N) is 4. The van der Waals surface area contributed by atoms with Gasteiger partial charge in [0.15, 0.2) is 5.82 Å². The lowest BCUT2D eigenvalue weighted by atomic mass is 9.41.